The first kappa shape index (κ1) is 39.6. The maximum Gasteiger partial charge on any atom is 0.272 e. The Kier molecular flexibility index (Phi) is 16.6. The number of thiophene rings is 4. The van der Waals surface area contributed by atoms with E-state index in [0.29, 0.717) is 16.7 Å². The normalized spacial score (nSPS) is 11.0. The van der Waals surface area contributed by atoms with Crippen LogP contribution in [-0.2, 0) is 29.2 Å². The molecule has 0 aliphatic rings. The molecule has 12 nitrogen and oxygen atoms in total. The van der Waals surface area contributed by atoms with Crippen molar-refractivity contribution in [1.82, 2.24) is 0 Å². The second-order valence-electron chi connectivity index (χ2n) is 8.09. The van der Waals surface area contributed by atoms with Gasteiger partial charge < -0.3 is 0 Å². The lowest BCUT2D eigenvalue weighted by Gasteiger charge is -1.93. The third-order valence-corrected chi connectivity index (χ3v) is 9.37. The molecule has 0 amide bonds. The van der Waals surface area contributed by atoms with Crippen LogP contribution in [0.25, 0.3) is 0 Å². The van der Waals surface area contributed by atoms with Gasteiger partial charge in [-0.25, -0.2) is 22.0 Å². The van der Waals surface area contributed by atoms with Gasteiger partial charge in [-0.3, -0.25) is 23.7 Å². The molecular formula is C24H24ClNO11S7. The van der Waals surface area contributed by atoms with Gasteiger partial charge in [0.2, 0.25) is 19.1 Å². The summed E-state index contributed by atoms with van der Waals surface area (Å²) in [6.45, 7) is 1.57. The molecule has 0 saturated carbocycles. The van der Waals surface area contributed by atoms with Gasteiger partial charge in [0.25, 0.3) is 10.1 Å². The molecule has 0 aromatic carbocycles. The minimum Gasteiger partial charge on any atom is -0.294 e. The van der Waals surface area contributed by atoms with E-state index in [2.05, 4.69) is 0 Å². The number of rotatable bonds is 10. The van der Waals surface area contributed by atoms with Gasteiger partial charge in [-0.2, -0.15) is 53.8 Å². The topological polar surface area (TPSA) is 217 Å². The van der Waals surface area contributed by atoms with Gasteiger partial charge in [0.05, 0.1) is 0 Å². The molecule has 0 unspecified atom stereocenters. The van der Waals surface area contributed by atoms with Gasteiger partial charge in [-0.15, -0.1) is 0 Å². The summed E-state index contributed by atoms with van der Waals surface area (Å²) in [5.41, 5.74) is 1.92. The summed E-state index contributed by atoms with van der Waals surface area (Å²) in [6, 6.07) is 6.47. The van der Waals surface area contributed by atoms with Gasteiger partial charge in [-0.1, -0.05) is 0 Å². The van der Waals surface area contributed by atoms with E-state index in [1.165, 1.54) is 45.5 Å². The third-order valence-electron chi connectivity index (χ3n) is 4.41. The first-order valence-electron chi connectivity index (χ1n) is 11.3. The molecule has 4 aromatic heterocycles. The molecule has 0 aliphatic carbocycles. The number of hydrogen-bond acceptors (Lipinski definition) is 14. The summed E-state index contributed by atoms with van der Waals surface area (Å²) < 4.78 is 70.9. The summed E-state index contributed by atoms with van der Waals surface area (Å²) in [6.07, 6.45) is 0. The van der Waals surface area contributed by atoms with Gasteiger partial charge >= 0.3 is 0 Å². The second-order valence-corrected chi connectivity index (χ2v) is 17.1. The van der Waals surface area contributed by atoms with Gasteiger partial charge in [0, 0.05) is 54.5 Å². The van der Waals surface area contributed by atoms with E-state index in [1.54, 1.807) is 57.3 Å². The Balaban J connectivity index is 0.000000296. The predicted octanol–water partition coefficient (Wildman–Crippen LogP) is 4.49. The highest BCUT2D eigenvalue weighted by Crippen LogP contribution is 2.10. The zero-order valence-corrected chi connectivity index (χ0v) is 28.9. The van der Waals surface area contributed by atoms with Gasteiger partial charge in [-0.05, 0) is 52.7 Å². The highest BCUT2D eigenvalue weighted by Gasteiger charge is 2.16. The van der Waals surface area contributed by atoms with Crippen molar-refractivity contribution in [2.24, 2.45) is 5.14 Å². The van der Waals surface area contributed by atoms with Crippen LogP contribution in [-0.4, -0.2) is 70.2 Å². The third kappa shape index (κ3) is 18.4. The summed E-state index contributed by atoms with van der Waals surface area (Å²) in [5, 5.41) is 18.2. The van der Waals surface area contributed by atoms with Crippen molar-refractivity contribution in [2.75, 3.05) is 17.3 Å². The zero-order valence-electron chi connectivity index (χ0n) is 22.4. The Hall–Kier alpha value is -2.46. The van der Waals surface area contributed by atoms with Crippen molar-refractivity contribution in [2.45, 2.75) is 6.92 Å². The average Bonchev–Trinajstić information content (AvgIpc) is 3.71. The molecule has 20 heteroatoms. The smallest absolute Gasteiger partial charge is 0.272 e. The van der Waals surface area contributed by atoms with E-state index in [9.17, 15) is 44.4 Å². The van der Waals surface area contributed by atoms with E-state index < -0.39 is 63.8 Å². The maximum absolute atomic E-state index is 11.1. The van der Waals surface area contributed by atoms with Gasteiger partial charge in [0.1, 0.15) is 17.3 Å². The first-order chi connectivity index (χ1) is 20.3. The van der Waals surface area contributed by atoms with Crippen LogP contribution in [0, 0.1) is 0 Å². The summed E-state index contributed by atoms with van der Waals surface area (Å²) >= 11 is 5.52. The first-order valence-corrected chi connectivity index (χ1v) is 20.9. The Morgan fingerprint density at radius 2 is 0.955 bits per heavy atom. The molecular weight excluding hydrogens is 738 g/mol. The van der Waals surface area contributed by atoms with Crippen molar-refractivity contribution in [3.05, 3.63) is 89.6 Å². The van der Waals surface area contributed by atoms with E-state index >= 15 is 0 Å². The molecule has 44 heavy (non-hydrogen) atoms. The monoisotopic (exact) mass is 761 g/mol. The fourth-order valence-corrected chi connectivity index (χ4v) is 6.97. The molecule has 0 radical (unpaired) electrons. The summed E-state index contributed by atoms with van der Waals surface area (Å²) in [5.74, 6) is -3.46. The van der Waals surface area contributed by atoms with Crippen LogP contribution in [0.2, 0.25) is 0 Å². The molecule has 0 fully saturated rings. The number of nitrogens with two attached hydrogens (primary N) is 1. The lowest BCUT2D eigenvalue weighted by molar-refractivity contribution is 0.101. The number of carbonyl (C=O) groups excluding carboxylic acids is 4. The molecule has 3 N–H and O–H groups in total. The van der Waals surface area contributed by atoms with Crippen LogP contribution in [0.3, 0.4) is 0 Å². The largest absolute Gasteiger partial charge is 0.294 e. The Morgan fingerprint density at radius 3 is 1.18 bits per heavy atom. The zero-order chi connectivity index (χ0) is 33.6. The van der Waals surface area contributed by atoms with Crippen molar-refractivity contribution >= 4 is 108 Å². The minimum atomic E-state index is -4.19. The molecule has 4 aromatic rings. The summed E-state index contributed by atoms with van der Waals surface area (Å²) in [4.78, 5) is 43.6. The number of Topliss-reactive ketones (excluding diaryl/α,β-unsaturated/α-hetero) is 4. The second kappa shape index (κ2) is 18.5. The van der Waals surface area contributed by atoms with Crippen LogP contribution in [0.4, 0.5) is 0 Å². The highest BCUT2D eigenvalue weighted by atomic mass is 35.7. The fourth-order valence-electron chi connectivity index (χ4n) is 2.49. The van der Waals surface area contributed by atoms with Crippen LogP contribution in [0.15, 0.2) is 67.3 Å². The standard InChI is InChI=1S/C6H5ClO3S2.C6H7NO3S2.C6H6O4S2.C6H6OS/c2*7-12(9,10)4-6(8)5-1-2-11-3-5;7-6(4-12(8,9)10)5-1-2-11-3-5;1-5(7)6-2-3-8-4-6/h1-3H,4H2;1-3H,4H2,(H2,7,9,10);1-3H,4H2,(H,8,9,10);2-4H,1H3. The van der Waals surface area contributed by atoms with Crippen molar-refractivity contribution in [3.63, 3.8) is 0 Å². The SMILES string of the molecule is CC(=O)c1ccsc1.NS(=O)(=O)CC(=O)c1ccsc1.O=C(CS(=O)(=O)Cl)c1ccsc1.O=C(CS(=O)(=O)O)c1ccsc1. The van der Waals surface area contributed by atoms with Crippen LogP contribution < -0.4 is 5.14 Å². The number of hydrogen-bond donors (Lipinski definition) is 2. The Morgan fingerprint density at radius 1 is 0.636 bits per heavy atom. The van der Waals surface area contributed by atoms with Crippen molar-refractivity contribution in [1.29, 1.82) is 0 Å². The molecule has 0 aliphatic heterocycles. The average molecular weight is 762 g/mol. The lowest BCUT2D eigenvalue weighted by Crippen LogP contribution is -2.22. The maximum atomic E-state index is 11.1. The number of sulfonamides is 1. The predicted molar refractivity (Wildman–Crippen MR) is 174 cm³/mol. The number of primary sulfonamides is 1. The molecule has 240 valence electrons. The number of halogens is 1. The van der Waals surface area contributed by atoms with E-state index in [-0.39, 0.29) is 5.78 Å². The Bertz CT molecular complexity index is 1630. The van der Waals surface area contributed by atoms with Crippen LogP contribution in [0.1, 0.15) is 48.4 Å². The molecule has 4 heterocycles. The molecule has 0 atom stereocenters. The molecule has 0 spiro atoms. The van der Waals surface area contributed by atoms with E-state index in [4.69, 9.17) is 20.4 Å². The van der Waals surface area contributed by atoms with Crippen LogP contribution >= 0.6 is 56.0 Å². The lowest BCUT2D eigenvalue weighted by atomic mass is 10.2. The van der Waals surface area contributed by atoms with Gasteiger partial charge in [0.15, 0.2) is 23.1 Å². The highest BCUT2D eigenvalue weighted by molar-refractivity contribution is 8.14. The molecule has 0 bridgehead atoms. The van der Waals surface area contributed by atoms with E-state index in [1.807, 2.05) is 16.8 Å². The number of ketones is 4. The molecule has 0 saturated heterocycles. The van der Waals surface area contributed by atoms with E-state index in [0.717, 1.165) is 5.56 Å². The minimum absolute atomic E-state index is 0.145. The van der Waals surface area contributed by atoms with Crippen molar-refractivity contribution < 1.29 is 49.0 Å². The Labute approximate surface area is 274 Å². The molecule has 4 rings (SSSR count). The fraction of sp³-hybridized carbons (Fsp3) is 0.167. The number of carbonyl (C=O) groups is 4. The van der Waals surface area contributed by atoms with Crippen molar-refractivity contribution in [3.8, 4) is 0 Å². The quantitative estimate of drug-likeness (QED) is 0.130. The van der Waals surface area contributed by atoms with Crippen LogP contribution in [0.5, 0.6) is 0 Å². The summed E-state index contributed by atoms with van der Waals surface area (Å²) in [7, 11) is -6.71.